The second-order valence-corrected chi connectivity index (χ2v) is 25.5. The minimum Gasteiger partial charge on any atom is -0.463 e. The van der Waals surface area contributed by atoms with Gasteiger partial charge in [-0.15, -0.1) is 0 Å². The first-order valence-electron chi connectivity index (χ1n) is 35.0. The normalized spacial score (nSPS) is 13.0. The van der Waals surface area contributed by atoms with Gasteiger partial charge in [0.1, 0.15) is 24.9 Å². The van der Waals surface area contributed by atoms with Crippen molar-refractivity contribution in [2.24, 2.45) is 5.73 Å². The van der Waals surface area contributed by atoms with E-state index >= 15 is 0 Å². The van der Waals surface area contributed by atoms with E-state index in [1.165, 1.54) is 128 Å². The fraction of sp³-hybridized carbons (Fsp3) is 0.910. The van der Waals surface area contributed by atoms with Gasteiger partial charge in [-0.3, -0.25) is 33.3 Å². The highest BCUT2D eigenvalue weighted by Gasteiger charge is 2.27. The molecular formula is C67H129N4O13P. The predicted octanol–water partition coefficient (Wildman–Crippen LogP) is 15.7. The van der Waals surface area contributed by atoms with Crippen LogP contribution in [0.5, 0.6) is 0 Å². The predicted molar refractivity (Wildman–Crippen MR) is 344 cm³/mol. The SMILES string of the molecule is CCCCCCCCCCCC(=O)O[C@H](CCCCCCCCCCC)CC(=O)N[C@H](CCCNC(=O)[C@H](CCOP(=O)(O)O)NC(=O)C[C@@H](CCCCCCCCCCC)OC(=O)CCCCCCCCCCC)COC(=O)CCCCCN. The summed E-state index contributed by atoms with van der Waals surface area (Å²) in [7, 11) is -4.89. The highest BCUT2D eigenvalue weighted by Crippen LogP contribution is 2.35. The van der Waals surface area contributed by atoms with E-state index in [9.17, 15) is 43.1 Å². The number of ether oxygens (including phenoxy) is 3. The highest BCUT2D eigenvalue weighted by atomic mass is 31.2. The van der Waals surface area contributed by atoms with Gasteiger partial charge in [0.2, 0.25) is 17.7 Å². The first kappa shape index (κ1) is 81.9. The van der Waals surface area contributed by atoms with E-state index in [2.05, 4.69) is 43.6 Å². The number of amides is 3. The summed E-state index contributed by atoms with van der Waals surface area (Å²) in [6.45, 7) is 8.80. The third-order valence-corrected chi connectivity index (χ3v) is 16.4. The van der Waals surface area contributed by atoms with Crippen LogP contribution < -0.4 is 21.7 Å². The molecule has 500 valence electrons. The molecule has 0 radical (unpaired) electrons. The summed E-state index contributed by atoms with van der Waals surface area (Å²) >= 11 is 0. The molecule has 0 aliphatic rings. The molecule has 0 saturated heterocycles. The second kappa shape index (κ2) is 59.8. The first-order chi connectivity index (χ1) is 41.2. The van der Waals surface area contributed by atoms with Crippen LogP contribution in [-0.4, -0.2) is 96.0 Å². The smallest absolute Gasteiger partial charge is 0.463 e. The van der Waals surface area contributed by atoms with E-state index in [1.54, 1.807) is 0 Å². The number of carbonyl (C=O) groups is 6. The summed E-state index contributed by atoms with van der Waals surface area (Å²) in [5.41, 5.74) is 5.64. The average Bonchev–Trinajstić information content (AvgIpc) is 3.59. The lowest BCUT2D eigenvalue weighted by molar-refractivity contribution is -0.152. The maximum Gasteiger partial charge on any atom is 0.469 e. The van der Waals surface area contributed by atoms with Crippen molar-refractivity contribution in [1.29, 1.82) is 0 Å². The number of phosphoric ester groups is 1. The molecule has 85 heavy (non-hydrogen) atoms. The number of unbranched alkanes of at least 4 members (excludes halogenated alkanes) is 34. The van der Waals surface area contributed by atoms with E-state index in [1.807, 2.05) is 0 Å². The number of carbonyl (C=O) groups excluding carboxylic acids is 6. The molecule has 0 bridgehead atoms. The van der Waals surface area contributed by atoms with Crippen molar-refractivity contribution >= 4 is 43.5 Å². The minimum atomic E-state index is -4.89. The number of esters is 3. The largest absolute Gasteiger partial charge is 0.469 e. The van der Waals surface area contributed by atoms with Crippen molar-refractivity contribution in [3.63, 3.8) is 0 Å². The van der Waals surface area contributed by atoms with Crippen LogP contribution in [0.2, 0.25) is 0 Å². The molecule has 0 aromatic heterocycles. The molecule has 0 aromatic carbocycles. The van der Waals surface area contributed by atoms with Crippen LogP contribution >= 0.6 is 7.82 Å². The van der Waals surface area contributed by atoms with Crippen LogP contribution in [0.4, 0.5) is 0 Å². The molecule has 17 nitrogen and oxygen atoms in total. The fourth-order valence-corrected chi connectivity index (χ4v) is 11.0. The van der Waals surface area contributed by atoms with Crippen molar-refractivity contribution in [2.45, 2.75) is 367 Å². The third-order valence-electron chi connectivity index (χ3n) is 15.9. The number of phosphoric acid groups is 1. The van der Waals surface area contributed by atoms with Crippen molar-refractivity contribution in [3.8, 4) is 0 Å². The first-order valence-corrected chi connectivity index (χ1v) is 36.5. The van der Waals surface area contributed by atoms with Crippen molar-refractivity contribution in [2.75, 3.05) is 26.3 Å². The minimum absolute atomic E-state index is 0.0442. The maximum absolute atomic E-state index is 13.9. The molecule has 0 unspecified atom stereocenters. The average molecular weight is 1230 g/mol. The van der Waals surface area contributed by atoms with E-state index < -0.39 is 56.5 Å². The molecule has 0 rings (SSSR count). The topological polar surface area (TPSA) is 259 Å². The van der Waals surface area contributed by atoms with Crippen molar-refractivity contribution < 1.29 is 61.9 Å². The van der Waals surface area contributed by atoms with Crippen molar-refractivity contribution in [3.05, 3.63) is 0 Å². The Morgan fingerprint density at radius 2 is 0.776 bits per heavy atom. The van der Waals surface area contributed by atoms with Gasteiger partial charge in [-0.25, -0.2) is 4.57 Å². The van der Waals surface area contributed by atoms with Gasteiger partial charge >= 0.3 is 25.7 Å². The zero-order valence-electron chi connectivity index (χ0n) is 54.7. The Morgan fingerprint density at radius 1 is 0.424 bits per heavy atom. The number of nitrogens with one attached hydrogen (secondary N) is 3. The van der Waals surface area contributed by atoms with E-state index in [4.69, 9.17) is 24.5 Å². The van der Waals surface area contributed by atoms with Gasteiger partial charge in [0.05, 0.1) is 25.5 Å². The molecule has 4 atom stereocenters. The molecule has 0 heterocycles. The van der Waals surface area contributed by atoms with Gasteiger partial charge < -0.3 is 45.7 Å². The summed E-state index contributed by atoms with van der Waals surface area (Å²) in [5, 5.41) is 8.56. The molecule has 0 aliphatic carbocycles. The van der Waals surface area contributed by atoms with Gasteiger partial charge in [0.15, 0.2) is 0 Å². The molecule has 0 saturated carbocycles. The monoisotopic (exact) mass is 1230 g/mol. The Labute approximate surface area is 517 Å². The van der Waals surface area contributed by atoms with E-state index in [-0.39, 0.29) is 69.5 Å². The number of rotatable bonds is 64. The molecule has 0 aromatic rings. The van der Waals surface area contributed by atoms with Gasteiger partial charge in [-0.05, 0) is 70.8 Å². The molecule has 7 N–H and O–H groups in total. The van der Waals surface area contributed by atoms with Crippen LogP contribution in [0.3, 0.4) is 0 Å². The second-order valence-electron chi connectivity index (χ2n) is 24.2. The van der Waals surface area contributed by atoms with Gasteiger partial charge in [0.25, 0.3) is 0 Å². The lowest BCUT2D eigenvalue weighted by atomic mass is 10.0. The Balaban J connectivity index is 5.99. The molecular weight excluding hydrogens is 1100 g/mol. The summed E-state index contributed by atoms with van der Waals surface area (Å²) in [4.78, 5) is 99.5. The van der Waals surface area contributed by atoms with E-state index in [0.29, 0.717) is 45.1 Å². The number of nitrogens with two attached hydrogens (primary N) is 1. The van der Waals surface area contributed by atoms with Crippen molar-refractivity contribution in [1.82, 2.24) is 16.0 Å². The zero-order chi connectivity index (χ0) is 62.7. The van der Waals surface area contributed by atoms with Gasteiger partial charge in [0, 0.05) is 32.2 Å². The van der Waals surface area contributed by atoms with Crippen LogP contribution in [0.15, 0.2) is 0 Å². The number of hydrogen-bond acceptors (Lipinski definition) is 12. The standard InChI is InChI=1S/C67H129N4O13P/c1-5-9-13-17-21-25-29-33-38-46-59(83-65(75)49-40-35-31-27-23-19-15-11-7-3)55-62(72)70-58(57-81-64(74)48-42-37-43-52-68)45-44-53-69-67(77)61(51-54-82-85(78,79)80)71-63(73)56-60(47-39-34-30-26-22-18-14-10-6-2)84-66(76)50-41-36-32-28-24-20-16-12-8-4/h58-61H,5-57,68H2,1-4H3,(H,69,77)(H,70,72)(H,71,73)(H2,78,79,80)/t58-,59-,60-,61+/m1/s1. The zero-order valence-corrected chi connectivity index (χ0v) is 55.6. The van der Waals surface area contributed by atoms with Crippen LogP contribution in [-0.2, 0) is 52.1 Å². The number of hydrogen-bond donors (Lipinski definition) is 6. The third kappa shape index (κ3) is 57.1. The quantitative estimate of drug-likeness (QED) is 0.0143. The summed E-state index contributed by atoms with van der Waals surface area (Å²) in [5.74, 6) is -2.57. The molecule has 0 aliphatic heterocycles. The summed E-state index contributed by atoms with van der Waals surface area (Å²) < 4.78 is 33.9. The van der Waals surface area contributed by atoms with Crippen LogP contribution in [0, 0.1) is 0 Å². The van der Waals surface area contributed by atoms with Crippen LogP contribution in [0.25, 0.3) is 0 Å². The van der Waals surface area contributed by atoms with Crippen LogP contribution in [0.1, 0.15) is 342 Å². The Hall–Kier alpha value is -3.11. The Kier molecular flexibility index (Phi) is 57.6. The lowest BCUT2D eigenvalue weighted by Crippen LogP contribution is -2.48. The van der Waals surface area contributed by atoms with Gasteiger partial charge in [-0.1, -0.05) is 240 Å². The maximum atomic E-state index is 13.9. The highest BCUT2D eigenvalue weighted by molar-refractivity contribution is 7.46. The molecule has 3 amide bonds. The molecule has 0 fully saturated rings. The molecule has 0 spiro atoms. The summed E-state index contributed by atoms with van der Waals surface area (Å²) in [6, 6.07) is -1.88. The molecule has 18 heteroatoms. The Morgan fingerprint density at radius 3 is 1.16 bits per heavy atom. The van der Waals surface area contributed by atoms with E-state index in [0.717, 1.165) is 109 Å². The lowest BCUT2D eigenvalue weighted by Gasteiger charge is -2.23. The summed E-state index contributed by atoms with van der Waals surface area (Å²) in [6.07, 6.45) is 43.1. The fourth-order valence-electron chi connectivity index (χ4n) is 10.7. The Bertz CT molecular complexity index is 1670. The van der Waals surface area contributed by atoms with Gasteiger partial charge in [-0.2, -0.15) is 0 Å².